The lowest BCUT2D eigenvalue weighted by atomic mass is 10.1. The van der Waals surface area contributed by atoms with Crippen LogP contribution in [-0.4, -0.2) is 9.97 Å². The topological polar surface area (TPSA) is 49.6 Å². The first-order valence-corrected chi connectivity index (χ1v) is 3.00. The van der Waals surface area contributed by atoms with Gasteiger partial charge in [-0.05, 0) is 6.92 Å². The molecule has 0 amide bonds. The lowest BCUT2D eigenvalue weighted by Gasteiger charge is -1.96. The van der Waals surface area contributed by atoms with Gasteiger partial charge in [0, 0.05) is 18.6 Å². The average molecular weight is 133 g/mol. The quantitative estimate of drug-likeness (QED) is 0.576. The van der Waals surface area contributed by atoms with E-state index >= 15 is 0 Å². The zero-order valence-corrected chi connectivity index (χ0v) is 5.65. The van der Waals surface area contributed by atoms with Crippen LogP contribution in [0.1, 0.15) is 18.5 Å². The fourth-order valence-electron chi connectivity index (χ4n) is 0.600. The van der Waals surface area contributed by atoms with Crippen LogP contribution in [0.5, 0.6) is 0 Å². The lowest BCUT2D eigenvalue weighted by Crippen LogP contribution is -1.93. The number of hydrogen-bond acceptors (Lipinski definition) is 3. The van der Waals surface area contributed by atoms with E-state index < -0.39 is 0 Å². The molecular weight excluding hydrogens is 126 g/mol. The van der Waals surface area contributed by atoms with Crippen LogP contribution >= 0.6 is 0 Å². The Labute approximate surface area is 59.4 Å². The second-order valence-corrected chi connectivity index (χ2v) is 1.98. The largest absolute Gasteiger partial charge is 0.261 e. The molecule has 0 N–H and O–H groups in total. The van der Waals surface area contributed by atoms with Gasteiger partial charge in [0.05, 0.1) is 17.7 Å². The molecule has 1 aromatic heterocycles. The van der Waals surface area contributed by atoms with Crippen LogP contribution in [0.4, 0.5) is 0 Å². The van der Waals surface area contributed by atoms with Gasteiger partial charge < -0.3 is 0 Å². The molecule has 0 aromatic carbocycles. The fraction of sp³-hybridized carbons (Fsp3) is 0.286. The van der Waals surface area contributed by atoms with Crippen molar-refractivity contribution in [2.75, 3.05) is 0 Å². The highest BCUT2D eigenvalue weighted by molar-refractivity contribution is 5.10. The number of hydrogen-bond donors (Lipinski definition) is 0. The summed E-state index contributed by atoms with van der Waals surface area (Å²) in [6.45, 7) is 1.80. The van der Waals surface area contributed by atoms with E-state index in [1.807, 2.05) is 0 Å². The summed E-state index contributed by atoms with van der Waals surface area (Å²) in [7, 11) is 0. The molecule has 1 heterocycles. The van der Waals surface area contributed by atoms with Crippen molar-refractivity contribution in [3.05, 3.63) is 24.3 Å². The summed E-state index contributed by atoms with van der Waals surface area (Å²) in [6.07, 6.45) is 4.78. The summed E-state index contributed by atoms with van der Waals surface area (Å²) in [6, 6.07) is 2.08. The van der Waals surface area contributed by atoms with Crippen molar-refractivity contribution in [1.29, 1.82) is 5.26 Å². The molecule has 0 fully saturated rings. The first kappa shape index (κ1) is 6.69. The maximum atomic E-state index is 8.47. The molecule has 0 aliphatic carbocycles. The third-order valence-electron chi connectivity index (χ3n) is 1.22. The number of aromatic nitrogens is 2. The molecular formula is C7H7N3. The lowest BCUT2D eigenvalue weighted by molar-refractivity contribution is 0.901. The minimum absolute atomic E-state index is 0.159. The molecule has 3 heteroatoms. The third-order valence-corrected chi connectivity index (χ3v) is 1.22. The number of nitriles is 1. The van der Waals surface area contributed by atoms with Gasteiger partial charge in [-0.15, -0.1) is 0 Å². The second-order valence-electron chi connectivity index (χ2n) is 1.98. The average Bonchev–Trinajstić information content (AvgIpc) is 2.05. The maximum absolute atomic E-state index is 8.47. The van der Waals surface area contributed by atoms with Crippen molar-refractivity contribution in [1.82, 2.24) is 9.97 Å². The Bertz CT molecular complexity index is 237. The molecule has 1 atom stereocenters. The molecule has 0 saturated carbocycles. The van der Waals surface area contributed by atoms with E-state index in [4.69, 9.17) is 5.26 Å². The predicted molar refractivity (Wildman–Crippen MR) is 36.1 cm³/mol. The van der Waals surface area contributed by atoms with Gasteiger partial charge in [0.15, 0.2) is 0 Å². The number of rotatable bonds is 1. The first-order chi connectivity index (χ1) is 4.84. The summed E-state index contributed by atoms with van der Waals surface area (Å²) in [5.74, 6) is -0.159. The molecule has 0 radical (unpaired) electrons. The zero-order chi connectivity index (χ0) is 7.40. The Morgan fingerprint density at radius 1 is 1.60 bits per heavy atom. The van der Waals surface area contributed by atoms with E-state index in [1.165, 1.54) is 0 Å². The molecule has 1 aromatic rings. The smallest absolute Gasteiger partial charge is 0.0872 e. The van der Waals surface area contributed by atoms with E-state index in [9.17, 15) is 0 Å². The molecule has 0 bridgehead atoms. The van der Waals surface area contributed by atoms with Gasteiger partial charge in [0.1, 0.15) is 0 Å². The van der Waals surface area contributed by atoms with Crippen LogP contribution in [-0.2, 0) is 0 Å². The summed E-state index contributed by atoms with van der Waals surface area (Å²) in [5.41, 5.74) is 0.727. The Balaban J connectivity index is 2.88. The molecule has 0 aliphatic heterocycles. The predicted octanol–water partition coefficient (Wildman–Crippen LogP) is 1.10. The SMILES string of the molecule is C[C@H](C#N)c1cnccn1. The van der Waals surface area contributed by atoms with Crippen molar-refractivity contribution in [2.45, 2.75) is 12.8 Å². The van der Waals surface area contributed by atoms with Gasteiger partial charge in [0.2, 0.25) is 0 Å². The van der Waals surface area contributed by atoms with Crippen molar-refractivity contribution < 1.29 is 0 Å². The van der Waals surface area contributed by atoms with Crippen molar-refractivity contribution in [3.8, 4) is 6.07 Å². The van der Waals surface area contributed by atoms with Crippen LogP contribution in [0.2, 0.25) is 0 Å². The Morgan fingerprint density at radius 2 is 2.40 bits per heavy atom. The highest BCUT2D eigenvalue weighted by Gasteiger charge is 2.02. The Hall–Kier alpha value is -1.43. The van der Waals surface area contributed by atoms with E-state index in [-0.39, 0.29) is 5.92 Å². The van der Waals surface area contributed by atoms with E-state index in [0.29, 0.717) is 0 Å². The standard InChI is InChI=1S/C7H7N3/c1-6(4-8)7-5-9-2-3-10-7/h2-3,5-6H,1H3/t6-/m1/s1. The monoisotopic (exact) mass is 133 g/mol. The van der Waals surface area contributed by atoms with Gasteiger partial charge in [-0.2, -0.15) is 5.26 Å². The minimum atomic E-state index is -0.159. The minimum Gasteiger partial charge on any atom is -0.261 e. The number of nitrogens with zero attached hydrogens (tertiary/aromatic N) is 3. The molecule has 10 heavy (non-hydrogen) atoms. The zero-order valence-electron chi connectivity index (χ0n) is 5.65. The van der Waals surface area contributed by atoms with Gasteiger partial charge in [-0.3, -0.25) is 9.97 Å². The Morgan fingerprint density at radius 3 is 2.90 bits per heavy atom. The molecule has 0 unspecified atom stereocenters. The van der Waals surface area contributed by atoms with Crippen LogP contribution < -0.4 is 0 Å². The second kappa shape index (κ2) is 2.92. The summed E-state index contributed by atoms with van der Waals surface area (Å²) in [5, 5.41) is 8.47. The maximum Gasteiger partial charge on any atom is 0.0872 e. The normalized spacial score (nSPS) is 12.0. The molecule has 0 saturated heterocycles. The van der Waals surface area contributed by atoms with Gasteiger partial charge in [0.25, 0.3) is 0 Å². The first-order valence-electron chi connectivity index (χ1n) is 3.00. The fourth-order valence-corrected chi connectivity index (χ4v) is 0.600. The highest BCUT2D eigenvalue weighted by atomic mass is 14.8. The summed E-state index contributed by atoms with van der Waals surface area (Å²) >= 11 is 0. The molecule has 50 valence electrons. The molecule has 0 spiro atoms. The van der Waals surface area contributed by atoms with Gasteiger partial charge >= 0.3 is 0 Å². The Kier molecular flexibility index (Phi) is 1.96. The van der Waals surface area contributed by atoms with E-state index in [2.05, 4.69) is 16.0 Å². The molecule has 3 nitrogen and oxygen atoms in total. The van der Waals surface area contributed by atoms with E-state index in [1.54, 1.807) is 25.5 Å². The van der Waals surface area contributed by atoms with Crippen LogP contribution in [0.3, 0.4) is 0 Å². The van der Waals surface area contributed by atoms with Crippen LogP contribution in [0, 0.1) is 11.3 Å². The summed E-state index contributed by atoms with van der Waals surface area (Å²) in [4.78, 5) is 7.80. The van der Waals surface area contributed by atoms with Crippen LogP contribution in [0.15, 0.2) is 18.6 Å². The van der Waals surface area contributed by atoms with Gasteiger partial charge in [-0.25, -0.2) is 0 Å². The van der Waals surface area contributed by atoms with Crippen molar-refractivity contribution >= 4 is 0 Å². The molecule has 0 aliphatic rings. The van der Waals surface area contributed by atoms with Crippen molar-refractivity contribution in [2.24, 2.45) is 0 Å². The molecule has 1 rings (SSSR count). The van der Waals surface area contributed by atoms with Gasteiger partial charge in [-0.1, -0.05) is 0 Å². The summed E-state index contributed by atoms with van der Waals surface area (Å²) < 4.78 is 0. The third kappa shape index (κ3) is 1.29. The van der Waals surface area contributed by atoms with Crippen molar-refractivity contribution in [3.63, 3.8) is 0 Å². The highest BCUT2D eigenvalue weighted by Crippen LogP contribution is 2.07. The van der Waals surface area contributed by atoms with Crippen LogP contribution in [0.25, 0.3) is 0 Å². The van der Waals surface area contributed by atoms with E-state index in [0.717, 1.165) is 5.69 Å².